The van der Waals surface area contributed by atoms with Crippen LogP contribution in [0.15, 0.2) is 23.1 Å². The number of aromatic nitrogens is 4. The number of primary amides is 1. The number of aryl methyl sites for hydroxylation is 1. The van der Waals surface area contributed by atoms with E-state index in [0.29, 0.717) is 11.4 Å². The van der Waals surface area contributed by atoms with Gasteiger partial charge in [0.1, 0.15) is 5.82 Å². The predicted molar refractivity (Wildman–Crippen MR) is 109 cm³/mol. The lowest BCUT2D eigenvalue weighted by Crippen LogP contribution is -2.34. The Morgan fingerprint density at radius 1 is 1.38 bits per heavy atom. The normalized spacial score (nSPS) is 11.3. The molecule has 0 aliphatic heterocycles. The number of halogens is 2. The maximum atomic E-state index is 14.2. The summed E-state index contributed by atoms with van der Waals surface area (Å²) in [6.07, 6.45) is 1.66. The number of carbonyl (C=O) groups excluding carboxylic acids is 1. The number of likely N-dealkylation sites (N-methyl/N-ethyl adjacent to an activating group) is 1. The zero-order valence-electron chi connectivity index (χ0n) is 16.4. The summed E-state index contributed by atoms with van der Waals surface area (Å²) in [6, 6.07) is 2.90. The average Bonchev–Trinajstić information content (AvgIpc) is 2.62. The Kier molecular flexibility index (Phi) is 5.52. The number of carbonyl (C=O) groups is 1. The lowest BCUT2D eigenvalue weighted by atomic mass is 10.0. The van der Waals surface area contributed by atoms with Gasteiger partial charge in [0.05, 0.1) is 23.3 Å². The van der Waals surface area contributed by atoms with Gasteiger partial charge in [-0.05, 0) is 30.5 Å². The van der Waals surface area contributed by atoms with Crippen molar-refractivity contribution in [3.63, 3.8) is 0 Å². The molecule has 0 atom stereocenters. The molecule has 8 nitrogen and oxygen atoms in total. The minimum absolute atomic E-state index is 0.0000166. The number of fused-ring (bicyclic) bond motifs is 1. The van der Waals surface area contributed by atoms with Crippen LogP contribution < -0.4 is 16.3 Å². The van der Waals surface area contributed by atoms with E-state index in [2.05, 4.69) is 15.0 Å². The van der Waals surface area contributed by atoms with Gasteiger partial charge >= 0.3 is 5.69 Å². The summed E-state index contributed by atoms with van der Waals surface area (Å²) in [6.45, 7) is 5.51. The summed E-state index contributed by atoms with van der Waals surface area (Å²) >= 11 is 5.93. The van der Waals surface area contributed by atoms with E-state index in [1.165, 1.54) is 16.5 Å². The zero-order valence-corrected chi connectivity index (χ0v) is 17.2. The quantitative estimate of drug-likeness (QED) is 0.637. The molecule has 2 N–H and O–H groups in total. The molecule has 0 bridgehead atoms. The number of nitrogens with two attached hydrogens (primary N) is 1. The predicted octanol–water partition coefficient (Wildman–Crippen LogP) is 2.32. The van der Waals surface area contributed by atoms with Crippen molar-refractivity contribution in [1.29, 1.82) is 0 Å². The lowest BCUT2D eigenvalue weighted by molar-refractivity contribution is -0.116. The molecule has 0 radical (unpaired) electrons. The van der Waals surface area contributed by atoms with Crippen LogP contribution in [0.25, 0.3) is 16.7 Å². The molecule has 0 fully saturated rings. The summed E-state index contributed by atoms with van der Waals surface area (Å²) in [7, 11) is 1.53. The van der Waals surface area contributed by atoms with Crippen LogP contribution in [-0.4, -0.2) is 39.0 Å². The molecule has 1 amide bonds. The van der Waals surface area contributed by atoms with Gasteiger partial charge in [0.25, 0.3) is 0 Å². The first-order valence-corrected chi connectivity index (χ1v) is 9.23. The number of hydrogen-bond donors (Lipinski definition) is 1. The average molecular weight is 419 g/mol. The molecule has 3 aromatic rings. The van der Waals surface area contributed by atoms with Crippen molar-refractivity contribution in [2.75, 3.05) is 18.5 Å². The molecule has 0 unspecified atom stereocenters. The third-order valence-electron chi connectivity index (χ3n) is 4.44. The lowest BCUT2D eigenvalue weighted by Gasteiger charge is -2.21. The Balaban J connectivity index is 2.46. The standard InChI is InChI=1S/C19H20ClFN6O2/c1-9(2)14-15(10(3)5-6-23-14)27-18-11(7-12(21)16(20)24-18)17(25-19(27)29)26(4)8-13(22)28/h5-7,9H,8H2,1-4H3,(H2,22,28). The minimum Gasteiger partial charge on any atom is -0.368 e. The van der Waals surface area contributed by atoms with Crippen molar-refractivity contribution >= 4 is 34.4 Å². The largest absolute Gasteiger partial charge is 0.368 e. The topological polar surface area (TPSA) is 107 Å². The van der Waals surface area contributed by atoms with Crippen LogP contribution in [0.1, 0.15) is 31.0 Å². The number of amides is 1. The summed E-state index contributed by atoms with van der Waals surface area (Å²) in [5.41, 5.74) is 6.66. The van der Waals surface area contributed by atoms with Crippen LogP contribution in [0.5, 0.6) is 0 Å². The Labute approximate surface area is 171 Å². The third-order valence-corrected chi connectivity index (χ3v) is 4.70. The van der Waals surface area contributed by atoms with Crippen molar-refractivity contribution in [2.24, 2.45) is 5.73 Å². The zero-order chi connectivity index (χ0) is 21.5. The molecule has 3 rings (SSSR count). The number of rotatable bonds is 5. The second-order valence-corrected chi connectivity index (χ2v) is 7.38. The van der Waals surface area contributed by atoms with Gasteiger partial charge in [-0.1, -0.05) is 25.4 Å². The first-order chi connectivity index (χ1) is 13.6. The van der Waals surface area contributed by atoms with E-state index in [-0.39, 0.29) is 34.5 Å². The van der Waals surface area contributed by atoms with Gasteiger partial charge in [0.15, 0.2) is 16.6 Å². The molecule has 29 heavy (non-hydrogen) atoms. The van der Waals surface area contributed by atoms with Gasteiger partial charge in [-0.15, -0.1) is 0 Å². The highest BCUT2D eigenvalue weighted by Gasteiger charge is 2.22. The van der Waals surface area contributed by atoms with E-state index < -0.39 is 17.4 Å². The van der Waals surface area contributed by atoms with Crippen LogP contribution >= 0.6 is 11.6 Å². The minimum atomic E-state index is -0.771. The highest BCUT2D eigenvalue weighted by molar-refractivity contribution is 6.30. The molecule has 152 valence electrons. The highest BCUT2D eigenvalue weighted by atomic mass is 35.5. The van der Waals surface area contributed by atoms with E-state index in [0.717, 1.165) is 11.6 Å². The molecule has 0 saturated heterocycles. The fourth-order valence-electron chi connectivity index (χ4n) is 3.17. The Morgan fingerprint density at radius 2 is 2.07 bits per heavy atom. The summed E-state index contributed by atoms with van der Waals surface area (Å²) in [5, 5.41) is -0.166. The molecule has 0 aliphatic rings. The summed E-state index contributed by atoms with van der Waals surface area (Å²) < 4.78 is 15.5. The number of hydrogen-bond acceptors (Lipinski definition) is 6. The second-order valence-electron chi connectivity index (χ2n) is 7.02. The molecule has 0 spiro atoms. The Morgan fingerprint density at radius 3 is 2.69 bits per heavy atom. The maximum Gasteiger partial charge on any atom is 0.355 e. The first-order valence-electron chi connectivity index (χ1n) is 8.86. The van der Waals surface area contributed by atoms with Gasteiger partial charge < -0.3 is 10.6 Å². The highest BCUT2D eigenvalue weighted by Crippen LogP contribution is 2.30. The monoisotopic (exact) mass is 418 g/mol. The Hall–Kier alpha value is -3.07. The molecule has 3 aromatic heterocycles. The number of pyridine rings is 2. The van der Waals surface area contributed by atoms with Gasteiger partial charge in [-0.3, -0.25) is 9.78 Å². The van der Waals surface area contributed by atoms with Crippen molar-refractivity contribution in [1.82, 2.24) is 19.5 Å². The van der Waals surface area contributed by atoms with Gasteiger partial charge in [0, 0.05) is 13.2 Å². The molecule has 3 heterocycles. The van der Waals surface area contributed by atoms with Gasteiger partial charge in [0.2, 0.25) is 5.91 Å². The van der Waals surface area contributed by atoms with Crippen LogP contribution in [0, 0.1) is 12.7 Å². The maximum absolute atomic E-state index is 14.2. The van der Waals surface area contributed by atoms with E-state index in [9.17, 15) is 14.0 Å². The van der Waals surface area contributed by atoms with Crippen molar-refractivity contribution in [2.45, 2.75) is 26.7 Å². The molecular weight excluding hydrogens is 399 g/mol. The van der Waals surface area contributed by atoms with Crippen molar-refractivity contribution < 1.29 is 9.18 Å². The van der Waals surface area contributed by atoms with Crippen molar-refractivity contribution in [3.8, 4) is 5.69 Å². The Bertz CT molecular complexity index is 1180. The summed E-state index contributed by atoms with van der Waals surface area (Å²) in [5.74, 6) is -1.32. The smallest absolute Gasteiger partial charge is 0.355 e. The van der Waals surface area contributed by atoms with E-state index in [1.807, 2.05) is 20.8 Å². The second kappa shape index (κ2) is 7.75. The van der Waals surface area contributed by atoms with E-state index in [4.69, 9.17) is 17.3 Å². The molecule has 0 saturated carbocycles. The molecule has 0 aromatic carbocycles. The van der Waals surface area contributed by atoms with E-state index in [1.54, 1.807) is 12.3 Å². The summed E-state index contributed by atoms with van der Waals surface area (Å²) in [4.78, 5) is 38.4. The van der Waals surface area contributed by atoms with Crippen LogP contribution in [-0.2, 0) is 4.79 Å². The van der Waals surface area contributed by atoms with Gasteiger partial charge in [-0.2, -0.15) is 4.98 Å². The molecule has 0 aliphatic carbocycles. The van der Waals surface area contributed by atoms with Crippen LogP contribution in [0.4, 0.5) is 10.2 Å². The SMILES string of the molecule is Cc1ccnc(C(C)C)c1-n1c(=O)nc(N(C)CC(N)=O)c2cc(F)c(Cl)nc21. The fraction of sp³-hybridized carbons (Fsp3) is 0.316. The van der Waals surface area contributed by atoms with Crippen molar-refractivity contribution in [3.05, 3.63) is 51.0 Å². The third kappa shape index (κ3) is 3.77. The number of nitrogens with zero attached hydrogens (tertiary/aromatic N) is 5. The fourth-order valence-corrected chi connectivity index (χ4v) is 3.30. The van der Waals surface area contributed by atoms with E-state index >= 15 is 0 Å². The first kappa shape index (κ1) is 20.7. The van der Waals surface area contributed by atoms with Crippen LogP contribution in [0.3, 0.4) is 0 Å². The molecule has 10 heteroatoms. The molecular formula is C19H20ClFN6O2. The van der Waals surface area contributed by atoms with Gasteiger partial charge in [-0.25, -0.2) is 18.7 Å². The number of anilines is 1. The van der Waals surface area contributed by atoms with Crippen LogP contribution in [0.2, 0.25) is 5.15 Å².